The van der Waals surface area contributed by atoms with Crippen LogP contribution in [0.4, 0.5) is 0 Å². The molecule has 0 spiro atoms. The highest BCUT2D eigenvalue weighted by molar-refractivity contribution is 5.17. The number of hydrogen-bond acceptors (Lipinski definition) is 2. The highest BCUT2D eigenvalue weighted by Crippen LogP contribution is 2.57. The van der Waals surface area contributed by atoms with E-state index in [1.54, 1.807) is 0 Å². The van der Waals surface area contributed by atoms with Crippen molar-refractivity contribution in [3.05, 3.63) is 0 Å². The van der Waals surface area contributed by atoms with Crippen LogP contribution < -0.4 is 0 Å². The van der Waals surface area contributed by atoms with Gasteiger partial charge in [-0.25, -0.2) is 0 Å². The van der Waals surface area contributed by atoms with Crippen molar-refractivity contribution in [1.82, 2.24) is 0 Å². The Morgan fingerprint density at radius 2 is 1.83 bits per heavy atom. The number of aliphatic hydroxyl groups is 1. The van der Waals surface area contributed by atoms with Gasteiger partial charge in [-0.15, -0.1) is 0 Å². The Kier molecular flexibility index (Phi) is 1.77. The molecule has 1 rings (SSSR count). The molecule has 2 heteroatoms. The van der Waals surface area contributed by atoms with Crippen LogP contribution in [0.15, 0.2) is 0 Å². The summed E-state index contributed by atoms with van der Waals surface area (Å²) in [5.74, 6) is 0. The number of nitrogens with zero attached hydrogens (tertiary/aromatic N) is 1. The maximum atomic E-state index is 10.2. The highest BCUT2D eigenvalue weighted by atomic mass is 16.3. The molecular formula is C10H17NO. The van der Waals surface area contributed by atoms with Gasteiger partial charge in [0.2, 0.25) is 0 Å². The van der Waals surface area contributed by atoms with Crippen molar-refractivity contribution >= 4 is 0 Å². The van der Waals surface area contributed by atoms with Crippen LogP contribution in [0, 0.1) is 22.2 Å². The van der Waals surface area contributed by atoms with Crippen molar-refractivity contribution in [2.24, 2.45) is 10.8 Å². The minimum absolute atomic E-state index is 0.105. The molecule has 1 aliphatic carbocycles. The highest BCUT2D eigenvalue weighted by Gasteiger charge is 2.60. The second-order valence-corrected chi connectivity index (χ2v) is 4.98. The summed E-state index contributed by atoms with van der Waals surface area (Å²) in [6.07, 6.45) is 1.76. The lowest BCUT2D eigenvalue weighted by Gasteiger charge is -2.58. The summed E-state index contributed by atoms with van der Waals surface area (Å²) in [5.41, 5.74) is -1.53. The lowest BCUT2D eigenvalue weighted by atomic mass is 9.50. The normalized spacial score (nSPS) is 33.7. The van der Waals surface area contributed by atoms with Gasteiger partial charge in [0.1, 0.15) is 0 Å². The van der Waals surface area contributed by atoms with E-state index in [4.69, 9.17) is 5.26 Å². The zero-order valence-corrected chi connectivity index (χ0v) is 8.31. The van der Waals surface area contributed by atoms with Gasteiger partial charge in [-0.05, 0) is 32.1 Å². The average molecular weight is 167 g/mol. The number of hydrogen-bond donors (Lipinski definition) is 1. The molecule has 1 aliphatic rings. The third-order valence-corrected chi connectivity index (χ3v) is 3.54. The van der Waals surface area contributed by atoms with E-state index in [1.807, 2.05) is 27.7 Å². The van der Waals surface area contributed by atoms with Crippen LogP contribution >= 0.6 is 0 Å². The summed E-state index contributed by atoms with van der Waals surface area (Å²) in [5, 5.41) is 19.2. The molecular weight excluding hydrogens is 150 g/mol. The van der Waals surface area contributed by atoms with E-state index in [2.05, 4.69) is 6.07 Å². The van der Waals surface area contributed by atoms with E-state index in [1.165, 1.54) is 0 Å². The average Bonchev–Trinajstić information content (AvgIpc) is 2.01. The van der Waals surface area contributed by atoms with Gasteiger partial charge in [0, 0.05) is 0 Å². The molecule has 1 N–H and O–H groups in total. The summed E-state index contributed by atoms with van der Waals surface area (Å²) in [6, 6.07) is 2.19. The molecule has 0 aromatic heterocycles. The van der Waals surface area contributed by atoms with Gasteiger partial charge >= 0.3 is 0 Å². The maximum Gasteiger partial charge on any atom is 0.0878 e. The van der Waals surface area contributed by atoms with Crippen molar-refractivity contribution in [2.45, 2.75) is 46.1 Å². The maximum absolute atomic E-state index is 10.2. The van der Waals surface area contributed by atoms with Crippen LogP contribution in [-0.2, 0) is 0 Å². The number of rotatable bonds is 1. The molecule has 12 heavy (non-hydrogen) atoms. The van der Waals surface area contributed by atoms with E-state index in [0.29, 0.717) is 0 Å². The first-order valence-electron chi connectivity index (χ1n) is 4.40. The summed E-state index contributed by atoms with van der Waals surface area (Å²) in [4.78, 5) is 0. The minimum atomic E-state index is -0.797. The standard InChI is InChI=1S/C10H17NO/c1-8(2)5-6-10(8,12)9(3,4)7-11/h12H,5-6H2,1-4H3. The molecule has 0 aromatic rings. The molecule has 2 nitrogen and oxygen atoms in total. The largest absolute Gasteiger partial charge is 0.388 e. The van der Waals surface area contributed by atoms with E-state index in [-0.39, 0.29) is 5.41 Å². The predicted molar refractivity (Wildman–Crippen MR) is 47.4 cm³/mol. The Morgan fingerprint density at radius 1 is 1.33 bits per heavy atom. The van der Waals surface area contributed by atoms with Crippen LogP contribution in [0.3, 0.4) is 0 Å². The molecule has 68 valence electrons. The zero-order valence-electron chi connectivity index (χ0n) is 8.31. The second-order valence-electron chi connectivity index (χ2n) is 4.98. The van der Waals surface area contributed by atoms with Gasteiger partial charge in [0.25, 0.3) is 0 Å². The van der Waals surface area contributed by atoms with E-state index in [9.17, 15) is 5.11 Å². The summed E-state index contributed by atoms with van der Waals surface area (Å²) >= 11 is 0. The summed E-state index contributed by atoms with van der Waals surface area (Å²) in [6.45, 7) is 7.67. The van der Waals surface area contributed by atoms with Gasteiger partial charge in [0.05, 0.1) is 17.1 Å². The van der Waals surface area contributed by atoms with Gasteiger partial charge in [-0.2, -0.15) is 5.26 Å². The predicted octanol–water partition coefficient (Wildman–Crippen LogP) is 2.09. The quantitative estimate of drug-likeness (QED) is 0.649. The fourth-order valence-corrected chi connectivity index (χ4v) is 2.11. The molecule has 0 radical (unpaired) electrons. The van der Waals surface area contributed by atoms with Crippen LogP contribution in [0.1, 0.15) is 40.5 Å². The summed E-state index contributed by atoms with van der Waals surface area (Å²) < 4.78 is 0. The topological polar surface area (TPSA) is 44.0 Å². The molecule has 0 aromatic carbocycles. The molecule has 1 atom stereocenters. The molecule has 0 saturated heterocycles. The van der Waals surface area contributed by atoms with E-state index >= 15 is 0 Å². The Labute approximate surface area is 74.2 Å². The van der Waals surface area contributed by atoms with Crippen molar-refractivity contribution < 1.29 is 5.11 Å². The van der Waals surface area contributed by atoms with Gasteiger partial charge in [-0.1, -0.05) is 13.8 Å². The Balaban J connectivity index is 2.97. The lowest BCUT2D eigenvalue weighted by molar-refractivity contribution is -0.199. The molecule has 0 bridgehead atoms. The third-order valence-electron chi connectivity index (χ3n) is 3.54. The SMILES string of the molecule is CC(C)(C#N)C1(O)CCC1(C)C. The minimum Gasteiger partial charge on any atom is -0.388 e. The first-order chi connectivity index (χ1) is 5.27. The van der Waals surface area contributed by atoms with Crippen LogP contribution in [0.5, 0.6) is 0 Å². The van der Waals surface area contributed by atoms with Crippen molar-refractivity contribution in [3.63, 3.8) is 0 Å². The first-order valence-corrected chi connectivity index (χ1v) is 4.40. The molecule has 1 unspecified atom stereocenters. The monoisotopic (exact) mass is 167 g/mol. The Bertz CT molecular complexity index is 237. The Hall–Kier alpha value is -0.550. The van der Waals surface area contributed by atoms with Crippen LogP contribution in [-0.4, -0.2) is 10.7 Å². The lowest BCUT2D eigenvalue weighted by Crippen LogP contribution is -2.62. The fraction of sp³-hybridized carbons (Fsp3) is 0.900. The van der Waals surface area contributed by atoms with Crippen LogP contribution in [0.2, 0.25) is 0 Å². The van der Waals surface area contributed by atoms with Crippen LogP contribution in [0.25, 0.3) is 0 Å². The van der Waals surface area contributed by atoms with Crippen molar-refractivity contribution in [2.75, 3.05) is 0 Å². The first kappa shape index (κ1) is 9.54. The Morgan fingerprint density at radius 3 is 1.92 bits per heavy atom. The van der Waals surface area contributed by atoms with E-state index in [0.717, 1.165) is 12.8 Å². The third kappa shape index (κ3) is 0.895. The van der Waals surface area contributed by atoms with Gasteiger partial charge in [-0.3, -0.25) is 0 Å². The fourth-order valence-electron chi connectivity index (χ4n) is 2.11. The van der Waals surface area contributed by atoms with Gasteiger partial charge < -0.3 is 5.11 Å². The molecule has 0 amide bonds. The molecule has 1 saturated carbocycles. The van der Waals surface area contributed by atoms with Crippen molar-refractivity contribution in [3.8, 4) is 6.07 Å². The second kappa shape index (κ2) is 2.23. The van der Waals surface area contributed by atoms with Crippen molar-refractivity contribution in [1.29, 1.82) is 5.26 Å². The zero-order chi connectivity index (χ0) is 9.62. The molecule has 1 fully saturated rings. The summed E-state index contributed by atoms with van der Waals surface area (Å²) in [7, 11) is 0. The number of nitriles is 1. The van der Waals surface area contributed by atoms with E-state index < -0.39 is 11.0 Å². The van der Waals surface area contributed by atoms with Gasteiger partial charge in [0.15, 0.2) is 0 Å². The molecule has 0 aliphatic heterocycles. The smallest absolute Gasteiger partial charge is 0.0878 e. The molecule has 0 heterocycles.